The highest BCUT2D eigenvalue weighted by atomic mass is 16.2. The third kappa shape index (κ3) is 6.38. The first-order valence-corrected chi connectivity index (χ1v) is 19.8. The number of aromatic nitrogens is 1. The summed E-state index contributed by atoms with van der Waals surface area (Å²) in [4.78, 5) is 73.9. The minimum Gasteiger partial charge on any atom is -0.385 e. The number of hydrogen-bond donors (Lipinski definition) is 3. The molecule has 4 amide bonds. The van der Waals surface area contributed by atoms with E-state index in [2.05, 4.69) is 59.5 Å². The molecular weight excluding hydrogens is 707 g/mol. The molecule has 1 atom stereocenters. The first-order valence-electron chi connectivity index (χ1n) is 19.8. The Morgan fingerprint density at radius 2 is 1.79 bits per heavy atom. The van der Waals surface area contributed by atoms with Gasteiger partial charge in [-0.05, 0) is 73.2 Å². The predicted molar refractivity (Wildman–Crippen MR) is 213 cm³/mol. The minimum absolute atomic E-state index is 0.0103. The molecule has 2 fully saturated rings. The van der Waals surface area contributed by atoms with Gasteiger partial charge in [0.25, 0.3) is 5.91 Å². The highest BCUT2D eigenvalue weighted by Gasteiger charge is 2.42. The summed E-state index contributed by atoms with van der Waals surface area (Å²) in [6, 6.07) is 16.8. The lowest BCUT2D eigenvalue weighted by Crippen LogP contribution is -2.52. The van der Waals surface area contributed by atoms with Crippen LogP contribution in [0.4, 0.5) is 11.4 Å². The number of carbonyl (C=O) groups excluding carboxylic acids is 5. The summed E-state index contributed by atoms with van der Waals surface area (Å²) in [5.41, 5.74) is 8.75. The van der Waals surface area contributed by atoms with Crippen molar-refractivity contribution < 1.29 is 24.0 Å². The molecule has 12 heteroatoms. The van der Waals surface area contributed by atoms with E-state index in [9.17, 15) is 29.2 Å². The van der Waals surface area contributed by atoms with E-state index in [1.54, 1.807) is 17.0 Å². The van der Waals surface area contributed by atoms with Crippen LogP contribution in [0.2, 0.25) is 0 Å². The highest BCUT2D eigenvalue weighted by Crippen LogP contribution is 2.46. The molecule has 0 spiro atoms. The van der Waals surface area contributed by atoms with Crippen molar-refractivity contribution in [3.8, 4) is 6.07 Å². The molecule has 0 bridgehead atoms. The fourth-order valence-corrected chi connectivity index (χ4v) is 9.06. The van der Waals surface area contributed by atoms with Gasteiger partial charge in [-0.2, -0.15) is 5.26 Å². The number of ketones is 1. The molecule has 12 nitrogen and oxygen atoms in total. The van der Waals surface area contributed by atoms with Crippen LogP contribution < -0.4 is 15.5 Å². The molecule has 1 aromatic heterocycles. The van der Waals surface area contributed by atoms with Crippen molar-refractivity contribution in [2.75, 3.05) is 42.9 Å². The van der Waals surface area contributed by atoms with Gasteiger partial charge in [0.15, 0.2) is 5.78 Å². The fraction of sp³-hybridized carbons (Fsp3) is 0.409. The van der Waals surface area contributed by atoms with Gasteiger partial charge < -0.3 is 25.0 Å². The second-order valence-electron chi connectivity index (χ2n) is 15.9. The third-order valence-electron chi connectivity index (χ3n) is 12.2. The molecule has 4 aliphatic rings. The number of hydrogen-bond acceptors (Lipinski definition) is 8. The second-order valence-corrected chi connectivity index (χ2v) is 15.9. The van der Waals surface area contributed by atoms with Crippen LogP contribution in [0.5, 0.6) is 0 Å². The maximum Gasteiger partial charge on any atom is 0.255 e. The lowest BCUT2D eigenvalue weighted by molar-refractivity contribution is -0.137. The van der Waals surface area contributed by atoms with E-state index in [1.165, 1.54) is 0 Å². The molecule has 8 rings (SSSR count). The van der Waals surface area contributed by atoms with Gasteiger partial charge in [-0.1, -0.05) is 39.3 Å². The van der Waals surface area contributed by atoms with E-state index in [-0.39, 0.29) is 29.9 Å². The Balaban J connectivity index is 0.837. The van der Waals surface area contributed by atoms with Crippen LogP contribution in [0.15, 0.2) is 48.5 Å². The number of imide groups is 1. The second kappa shape index (κ2) is 14.6. The normalized spacial score (nSPS) is 18.8. The predicted octanol–water partition coefficient (Wildman–Crippen LogP) is 5.55. The van der Waals surface area contributed by atoms with Crippen LogP contribution in [0.1, 0.15) is 114 Å². The van der Waals surface area contributed by atoms with Gasteiger partial charge >= 0.3 is 0 Å². The van der Waals surface area contributed by atoms with Crippen LogP contribution in [-0.4, -0.2) is 83.0 Å². The van der Waals surface area contributed by atoms with Crippen molar-refractivity contribution in [3.05, 3.63) is 93.2 Å². The van der Waals surface area contributed by atoms with Crippen molar-refractivity contribution in [3.63, 3.8) is 0 Å². The number of aromatic amines is 1. The number of carbonyl (C=O) groups is 5. The van der Waals surface area contributed by atoms with Gasteiger partial charge in [0.1, 0.15) is 6.04 Å². The van der Waals surface area contributed by atoms with Gasteiger partial charge in [-0.15, -0.1) is 0 Å². The molecule has 3 aliphatic heterocycles. The van der Waals surface area contributed by atoms with Gasteiger partial charge in [0, 0.05) is 102 Å². The number of benzene rings is 3. The highest BCUT2D eigenvalue weighted by molar-refractivity contribution is 6.20. The lowest BCUT2D eigenvalue weighted by Gasteiger charge is -2.39. The molecule has 3 aromatic carbocycles. The van der Waals surface area contributed by atoms with Crippen LogP contribution in [-0.2, 0) is 32.8 Å². The average molecular weight is 754 g/mol. The summed E-state index contributed by atoms with van der Waals surface area (Å²) >= 11 is 0. The number of H-pyrrole nitrogens is 1. The van der Waals surface area contributed by atoms with E-state index in [1.807, 2.05) is 29.2 Å². The topological polar surface area (TPSA) is 159 Å². The zero-order valence-corrected chi connectivity index (χ0v) is 32.2. The summed E-state index contributed by atoms with van der Waals surface area (Å²) in [6.07, 6.45) is 4.37. The maximum atomic E-state index is 14.1. The van der Waals surface area contributed by atoms with Crippen molar-refractivity contribution in [1.29, 1.82) is 5.26 Å². The number of nitrogens with zero attached hydrogens (tertiary/aromatic N) is 4. The first kappa shape index (κ1) is 37.0. The Labute approximate surface area is 326 Å². The Morgan fingerprint density at radius 3 is 2.54 bits per heavy atom. The van der Waals surface area contributed by atoms with Crippen molar-refractivity contribution >= 4 is 51.7 Å². The first-order chi connectivity index (χ1) is 27.0. The molecular formula is C44H47N7O5. The molecule has 0 radical (unpaired) electrons. The Hall–Kier alpha value is -5.96. The van der Waals surface area contributed by atoms with E-state index >= 15 is 0 Å². The number of fused-ring (bicyclic) bond motifs is 5. The number of unbranched alkanes of at least 4 members (excludes halogenated alkanes) is 2. The summed E-state index contributed by atoms with van der Waals surface area (Å²) in [6.45, 7) is 10.2. The molecule has 0 saturated carbocycles. The van der Waals surface area contributed by atoms with Crippen molar-refractivity contribution in [1.82, 2.24) is 20.1 Å². The Bertz CT molecular complexity index is 2350. The van der Waals surface area contributed by atoms with Gasteiger partial charge in [-0.25, -0.2) is 0 Å². The van der Waals surface area contributed by atoms with Gasteiger partial charge in [0.2, 0.25) is 17.7 Å². The third-order valence-corrected chi connectivity index (χ3v) is 12.2. The van der Waals surface area contributed by atoms with Crippen LogP contribution in [0, 0.1) is 11.3 Å². The number of anilines is 2. The number of nitrogens with one attached hydrogen (secondary N) is 3. The number of amides is 4. The Morgan fingerprint density at radius 1 is 0.982 bits per heavy atom. The van der Waals surface area contributed by atoms with E-state index in [4.69, 9.17) is 0 Å². The van der Waals surface area contributed by atoms with E-state index in [0.717, 1.165) is 89.0 Å². The summed E-state index contributed by atoms with van der Waals surface area (Å²) < 4.78 is 0. The smallest absolute Gasteiger partial charge is 0.255 e. The van der Waals surface area contributed by atoms with Crippen LogP contribution >= 0.6 is 0 Å². The summed E-state index contributed by atoms with van der Waals surface area (Å²) in [5.74, 6) is -0.725. The number of piperazine rings is 1. The zero-order chi connectivity index (χ0) is 39.3. The molecule has 2 saturated heterocycles. The summed E-state index contributed by atoms with van der Waals surface area (Å²) in [7, 11) is 0. The lowest BCUT2D eigenvalue weighted by atomic mass is 9.70. The zero-order valence-electron chi connectivity index (χ0n) is 32.2. The van der Waals surface area contributed by atoms with Crippen molar-refractivity contribution in [2.45, 2.75) is 83.7 Å². The number of piperidine rings is 1. The minimum atomic E-state index is -0.644. The van der Waals surface area contributed by atoms with Crippen molar-refractivity contribution in [2.24, 2.45) is 0 Å². The number of rotatable bonds is 10. The average Bonchev–Trinajstić information content (AvgIpc) is 3.76. The number of nitriles is 1. The monoisotopic (exact) mass is 753 g/mol. The SMILES string of the molecule is CCc1cc2c(cc1N1CCN(C(=O)CCCCCNc3cccc4c3CN(C3CCC(=O)NC3=O)C4=O)CC1)C(C)(C)c1[nH]c3cc(C#N)ccc3c1C2=O. The maximum absolute atomic E-state index is 14.1. The molecule has 1 unspecified atom stereocenters. The molecule has 1 aliphatic carbocycles. The number of aryl methyl sites for hydroxylation is 1. The molecule has 56 heavy (non-hydrogen) atoms. The van der Waals surface area contributed by atoms with Crippen LogP contribution in [0.25, 0.3) is 10.9 Å². The molecule has 4 aromatic rings. The quantitative estimate of drug-likeness (QED) is 0.140. The fourth-order valence-electron chi connectivity index (χ4n) is 9.06. The molecule has 288 valence electrons. The van der Waals surface area contributed by atoms with E-state index < -0.39 is 17.4 Å². The van der Waals surface area contributed by atoms with Gasteiger partial charge in [0.05, 0.1) is 17.2 Å². The van der Waals surface area contributed by atoms with Gasteiger partial charge in [-0.3, -0.25) is 29.3 Å². The van der Waals surface area contributed by atoms with E-state index in [0.29, 0.717) is 55.7 Å². The summed E-state index contributed by atoms with van der Waals surface area (Å²) in [5, 5.41) is 16.1. The standard InChI is InChI=1S/C44H47N7O5/c1-4-27-22-30-32(44(2,3)41-39(40(30)54)29-13-12-26(24-45)21-34(29)47-41)23-36(27)49-17-19-50(20-18-49)38(53)11-6-5-7-16-46-33-10-8-9-28-31(33)25-51(43(28)56)35-14-15-37(52)48-42(35)55/h8-10,12-13,21-23,35,46-47H,4-7,11,14-20,25H2,1-3H3,(H,48,52,55). The van der Waals surface area contributed by atoms with Crippen LogP contribution in [0.3, 0.4) is 0 Å². The molecule has 3 N–H and O–H groups in total. The Kier molecular flexibility index (Phi) is 9.64. The molecule has 4 heterocycles. The largest absolute Gasteiger partial charge is 0.385 e.